The molecule has 10 nitrogen and oxygen atoms in total. The van der Waals surface area contributed by atoms with E-state index in [9.17, 15) is 14.4 Å². The van der Waals surface area contributed by atoms with Gasteiger partial charge in [-0.3, -0.25) is 9.59 Å². The molecule has 0 saturated carbocycles. The Morgan fingerprint density at radius 3 is 2.43 bits per heavy atom. The largest absolute Gasteiger partial charge is 0.444 e. The van der Waals surface area contributed by atoms with Gasteiger partial charge in [0.15, 0.2) is 5.82 Å². The predicted octanol–water partition coefficient (Wildman–Crippen LogP) is 1.84. The Bertz CT molecular complexity index is 875. The van der Waals surface area contributed by atoms with Crippen molar-refractivity contribution < 1.29 is 19.1 Å². The van der Waals surface area contributed by atoms with Crippen LogP contribution >= 0.6 is 0 Å². The van der Waals surface area contributed by atoms with E-state index in [1.165, 1.54) is 4.68 Å². The first-order valence-electron chi connectivity index (χ1n) is 10.3. The first-order chi connectivity index (χ1) is 14.1. The van der Waals surface area contributed by atoms with Gasteiger partial charge in [0, 0.05) is 44.7 Å². The van der Waals surface area contributed by atoms with Crippen LogP contribution in [0, 0.1) is 6.92 Å². The van der Waals surface area contributed by atoms with Crippen molar-refractivity contribution in [3.05, 3.63) is 11.3 Å². The van der Waals surface area contributed by atoms with Gasteiger partial charge in [0.05, 0.1) is 12.1 Å². The summed E-state index contributed by atoms with van der Waals surface area (Å²) in [6.45, 7) is 11.5. The maximum Gasteiger partial charge on any atom is 0.410 e. The number of piperazine rings is 1. The number of nitrogens with one attached hydrogen (secondary N) is 1. The number of ether oxygens (including phenoxy) is 1. The third-order valence-corrected chi connectivity index (χ3v) is 5.02. The van der Waals surface area contributed by atoms with Gasteiger partial charge in [-0.15, -0.1) is 0 Å². The minimum Gasteiger partial charge on any atom is -0.444 e. The topological polar surface area (TPSA) is 109 Å². The normalized spacial score (nSPS) is 16.8. The molecule has 30 heavy (non-hydrogen) atoms. The Hall–Kier alpha value is -2.91. The zero-order chi connectivity index (χ0) is 22.1. The van der Waals surface area contributed by atoms with Crippen molar-refractivity contribution in [3.8, 4) is 0 Å². The lowest BCUT2D eigenvalue weighted by molar-refractivity contribution is -0.120. The smallest absolute Gasteiger partial charge is 0.410 e. The highest BCUT2D eigenvalue weighted by Crippen LogP contribution is 2.28. The summed E-state index contributed by atoms with van der Waals surface area (Å²) in [5.74, 6) is 0.920. The highest BCUT2D eigenvalue weighted by Gasteiger charge is 2.31. The molecule has 1 fully saturated rings. The number of hydrogen-bond donors (Lipinski definition) is 1. The van der Waals surface area contributed by atoms with Crippen molar-refractivity contribution in [2.24, 2.45) is 4.99 Å². The van der Waals surface area contributed by atoms with E-state index in [2.05, 4.69) is 10.4 Å². The summed E-state index contributed by atoms with van der Waals surface area (Å²) in [6.07, 6.45) is 0.214. The van der Waals surface area contributed by atoms with Crippen molar-refractivity contribution in [2.45, 2.75) is 59.6 Å². The quantitative estimate of drug-likeness (QED) is 0.802. The third-order valence-electron chi connectivity index (χ3n) is 5.02. The maximum atomic E-state index is 12.6. The second kappa shape index (κ2) is 8.45. The molecule has 0 radical (unpaired) electrons. The van der Waals surface area contributed by atoms with Crippen LogP contribution in [0.1, 0.15) is 56.6 Å². The molecule has 2 amide bonds. The van der Waals surface area contributed by atoms with E-state index < -0.39 is 5.60 Å². The Balaban J connectivity index is 1.72. The van der Waals surface area contributed by atoms with Crippen LogP contribution in [-0.2, 0) is 16.1 Å². The van der Waals surface area contributed by atoms with Gasteiger partial charge in [-0.1, -0.05) is 6.92 Å². The van der Waals surface area contributed by atoms with E-state index >= 15 is 0 Å². The summed E-state index contributed by atoms with van der Waals surface area (Å²) in [7, 11) is 0. The fourth-order valence-corrected chi connectivity index (χ4v) is 3.38. The van der Waals surface area contributed by atoms with E-state index in [0.717, 1.165) is 5.56 Å². The summed E-state index contributed by atoms with van der Waals surface area (Å²) >= 11 is 0. The number of aliphatic imine (C=N–C) groups is 1. The molecular formula is C20H30N6O4. The number of rotatable bonds is 3. The average Bonchev–Trinajstić information content (AvgIpc) is 3.00. The number of nitrogens with zero attached hydrogens (tertiary/aromatic N) is 5. The fraction of sp³-hybridized carbons (Fsp3) is 0.650. The molecule has 3 heterocycles. The third kappa shape index (κ3) is 4.80. The van der Waals surface area contributed by atoms with Crippen LogP contribution in [0.2, 0.25) is 0 Å². The Labute approximate surface area is 176 Å². The van der Waals surface area contributed by atoms with Crippen LogP contribution in [0.15, 0.2) is 4.99 Å². The van der Waals surface area contributed by atoms with Crippen molar-refractivity contribution in [1.82, 2.24) is 24.9 Å². The van der Waals surface area contributed by atoms with Gasteiger partial charge in [0.2, 0.25) is 5.91 Å². The minimum absolute atomic E-state index is 0.0704. The lowest BCUT2D eigenvalue weighted by atomic mass is 10.2. The second-order valence-electron chi connectivity index (χ2n) is 8.48. The molecule has 0 unspecified atom stereocenters. The molecule has 164 valence electrons. The van der Waals surface area contributed by atoms with E-state index in [-0.39, 0.29) is 30.9 Å². The summed E-state index contributed by atoms with van der Waals surface area (Å²) in [4.78, 5) is 45.0. The Morgan fingerprint density at radius 2 is 1.83 bits per heavy atom. The van der Waals surface area contributed by atoms with Gasteiger partial charge in [-0.2, -0.15) is 9.78 Å². The number of hydrogen-bond acceptors (Lipinski definition) is 7. The summed E-state index contributed by atoms with van der Waals surface area (Å²) in [5.41, 5.74) is 0.887. The molecule has 3 rings (SSSR count). The van der Waals surface area contributed by atoms with Crippen molar-refractivity contribution in [1.29, 1.82) is 0 Å². The number of amidine groups is 1. The predicted molar refractivity (Wildman–Crippen MR) is 111 cm³/mol. The van der Waals surface area contributed by atoms with Gasteiger partial charge >= 0.3 is 6.09 Å². The molecule has 0 spiro atoms. The number of aromatic nitrogens is 2. The molecule has 10 heteroatoms. The number of carbonyl (C=O) groups is 3. The van der Waals surface area contributed by atoms with Gasteiger partial charge < -0.3 is 19.9 Å². The molecular weight excluding hydrogens is 388 g/mol. The van der Waals surface area contributed by atoms with Gasteiger partial charge in [-0.25, -0.2) is 9.79 Å². The van der Waals surface area contributed by atoms with Crippen molar-refractivity contribution in [2.75, 3.05) is 26.2 Å². The van der Waals surface area contributed by atoms with E-state index in [0.29, 0.717) is 49.9 Å². The summed E-state index contributed by atoms with van der Waals surface area (Å²) < 4.78 is 6.76. The van der Waals surface area contributed by atoms with E-state index in [4.69, 9.17) is 9.73 Å². The van der Waals surface area contributed by atoms with E-state index in [1.807, 2.05) is 25.7 Å². The van der Waals surface area contributed by atoms with Crippen LogP contribution in [-0.4, -0.2) is 75.1 Å². The molecule has 0 aromatic carbocycles. The lowest BCUT2D eigenvalue weighted by Crippen LogP contribution is -2.52. The number of aryl methyl sites for hydroxylation is 1. The van der Waals surface area contributed by atoms with Crippen molar-refractivity contribution >= 4 is 29.6 Å². The SMILES string of the molecule is CCC(=O)NCc1c(C)nn2c1N=C(N1CCN(C(=O)OC(C)(C)C)CC1)CC2=O. The Kier molecular flexibility index (Phi) is 6.14. The van der Waals surface area contributed by atoms with Gasteiger partial charge in [0.25, 0.3) is 5.91 Å². The summed E-state index contributed by atoms with van der Waals surface area (Å²) in [6, 6.07) is 0. The zero-order valence-corrected chi connectivity index (χ0v) is 18.3. The molecule has 1 aromatic heterocycles. The van der Waals surface area contributed by atoms with Crippen LogP contribution in [0.5, 0.6) is 0 Å². The number of carbonyl (C=O) groups excluding carboxylic acids is 3. The lowest BCUT2D eigenvalue weighted by Gasteiger charge is -2.37. The van der Waals surface area contributed by atoms with Crippen LogP contribution < -0.4 is 5.32 Å². The zero-order valence-electron chi connectivity index (χ0n) is 18.3. The van der Waals surface area contributed by atoms with Crippen LogP contribution in [0.4, 0.5) is 10.6 Å². The number of amides is 2. The maximum absolute atomic E-state index is 12.6. The second-order valence-corrected chi connectivity index (χ2v) is 8.48. The molecule has 1 aromatic rings. The molecule has 0 aliphatic carbocycles. The Morgan fingerprint density at radius 1 is 1.17 bits per heavy atom. The summed E-state index contributed by atoms with van der Waals surface area (Å²) in [5, 5.41) is 7.13. The standard InChI is InChI=1S/C20H30N6O4/c1-6-16(27)21-12-14-13(2)23-26-17(28)11-15(22-18(14)26)24-7-9-25(10-8-24)19(29)30-20(3,4)5/h6-12H2,1-5H3,(H,21,27). The molecule has 0 atom stereocenters. The average molecular weight is 418 g/mol. The molecule has 2 aliphatic rings. The van der Waals surface area contributed by atoms with Gasteiger partial charge in [0.1, 0.15) is 11.4 Å². The molecule has 2 aliphatic heterocycles. The van der Waals surface area contributed by atoms with Crippen molar-refractivity contribution in [3.63, 3.8) is 0 Å². The van der Waals surface area contributed by atoms with Crippen LogP contribution in [0.25, 0.3) is 0 Å². The van der Waals surface area contributed by atoms with E-state index in [1.54, 1.807) is 18.7 Å². The highest BCUT2D eigenvalue weighted by molar-refractivity contribution is 6.05. The first-order valence-corrected chi connectivity index (χ1v) is 10.3. The monoisotopic (exact) mass is 418 g/mol. The van der Waals surface area contributed by atoms with Crippen LogP contribution in [0.3, 0.4) is 0 Å². The highest BCUT2D eigenvalue weighted by atomic mass is 16.6. The molecule has 0 bridgehead atoms. The fourth-order valence-electron chi connectivity index (χ4n) is 3.38. The molecule has 1 N–H and O–H groups in total. The minimum atomic E-state index is -0.534. The van der Waals surface area contributed by atoms with Gasteiger partial charge in [-0.05, 0) is 27.7 Å². The first kappa shape index (κ1) is 21.8. The number of fused-ring (bicyclic) bond motifs is 1. The molecule has 1 saturated heterocycles.